The Morgan fingerprint density at radius 2 is 1.60 bits per heavy atom. The lowest BCUT2D eigenvalue weighted by atomic mass is 10.2. The number of nitrogens with zero attached hydrogens (tertiary/aromatic N) is 2. The van der Waals surface area contributed by atoms with Crippen molar-refractivity contribution in [3.8, 4) is 0 Å². The number of rotatable bonds is 4. The molecule has 2 aromatic rings. The van der Waals surface area contributed by atoms with Crippen molar-refractivity contribution < 1.29 is 4.79 Å². The SMILES string of the molecule is O=C(CN1CCN(c2ccc(Cl)c(Cl)c2)CC1)Nc1ccc(Cl)cc1. The van der Waals surface area contributed by atoms with Gasteiger partial charge in [0.25, 0.3) is 0 Å². The largest absolute Gasteiger partial charge is 0.369 e. The summed E-state index contributed by atoms with van der Waals surface area (Å²) in [5.74, 6) is -0.0229. The molecule has 1 aliphatic rings. The van der Waals surface area contributed by atoms with Crippen LogP contribution in [0.5, 0.6) is 0 Å². The average Bonchev–Trinajstić information content (AvgIpc) is 2.60. The molecule has 132 valence electrons. The van der Waals surface area contributed by atoms with Crippen LogP contribution in [0.2, 0.25) is 15.1 Å². The molecule has 1 saturated heterocycles. The summed E-state index contributed by atoms with van der Waals surface area (Å²) in [4.78, 5) is 16.6. The predicted octanol–water partition coefficient (Wildman–Crippen LogP) is 4.41. The lowest BCUT2D eigenvalue weighted by Crippen LogP contribution is -2.48. The fourth-order valence-corrected chi connectivity index (χ4v) is 3.20. The summed E-state index contributed by atoms with van der Waals surface area (Å²) < 4.78 is 0. The normalized spacial score (nSPS) is 15.2. The molecule has 0 atom stereocenters. The van der Waals surface area contributed by atoms with E-state index < -0.39 is 0 Å². The fourth-order valence-electron chi connectivity index (χ4n) is 2.78. The summed E-state index contributed by atoms with van der Waals surface area (Å²) in [5.41, 5.74) is 1.81. The van der Waals surface area contributed by atoms with Crippen LogP contribution in [-0.4, -0.2) is 43.5 Å². The summed E-state index contributed by atoms with van der Waals surface area (Å²) in [7, 11) is 0. The van der Waals surface area contributed by atoms with E-state index >= 15 is 0 Å². The Kier molecular flexibility index (Phi) is 6.07. The number of nitrogens with one attached hydrogen (secondary N) is 1. The first-order valence-electron chi connectivity index (χ1n) is 7.99. The highest BCUT2D eigenvalue weighted by Crippen LogP contribution is 2.27. The first-order valence-corrected chi connectivity index (χ1v) is 9.12. The monoisotopic (exact) mass is 397 g/mol. The number of benzene rings is 2. The first-order chi connectivity index (χ1) is 12.0. The third kappa shape index (κ3) is 5.02. The van der Waals surface area contributed by atoms with Gasteiger partial charge in [-0.2, -0.15) is 0 Å². The molecule has 4 nitrogen and oxygen atoms in total. The van der Waals surface area contributed by atoms with Crippen LogP contribution in [0.1, 0.15) is 0 Å². The molecular formula is C18H18Cl3N3O. The van der Waals surface area contributed by atoms with Gasteiger partial charge in [-0.25, -0.2) is 0 Å². The second kappa shape index (κ2) is 8.28. The van der Waals surface area contributed by atoms with E-state index in [1.54, 1.807) is 24.3 Å². The lowest BCUT2D eigenvalue weighted by molar-refractivity contribution is -0.117. The maximum atomic E-state index is 12.2. The van der Waals surface area contributed by atoms with Gasteiger partial charge in [0.15, 0.2) is 0 Å². The number of amides is 1. The van der Waals surface area contributed by atoms with Crippen LogP contribution in [-0.2, 0) is 4.79 Å². The molecule has 0 bridgehead atoms. The zero-order valence-electron chi connectivity index (χ0n) is 13.5. The summed E-state index contributed by atoms with van der Waals surface area (Å²) in [6.07, 6.45) is 0. The molecule has 0 spiro atoms. The molecule has 1 heterocycles. The molecular weight excluding hydrogens is 381 g/mol. The Hall–Kier alpha value is -1.46. The maximum absolute atomic E-state index is 12.2. The molecule has 0 aliphatic carbocycles. The number of hydrogen-bond donors (Lipinski definition) is 1. The van der Waals surface area contributed by atoms with Gasteiger partial charge < -0.3 is 10.2 Å². The van der Waals surface area contributed by atoms with E-state index in [9.17, 15) is 4.79 Å². The van der Waals surface area contributed by atoms with Crippen LogP contribution in [0.3, 0.4) is 0 Å². The zero-order chi connectivity index (χ0) is 17.8. The van der Waals surface area contributed by atoms with E-state index in [1.807, 2.05) is 18.2 Å². The van der Waals surface area contributed by atoms with Gasteiger partial charge in [0, 0.05) is 42.6 Å². The van der Waals surface area contributed by atoms with Gasteiger partial charge in [-0.1, -0.05) is 34.8 Å². The van der Waals surface area contributed by atoms with Crippen LogP contribution in [0.4, 0.5) is 11.4 Å². The fraction of sp³-hybridized carbons (Fsp3) is 0.278. The topological polar surface area (TPSA) is 35.6 Å². The van der Waals surface area contributed by atoms with E-state index in [1.165, 1.54) is 0 Å². The van der Waals surface area contributed by atoms with E-state index in [4.69, 9.17) is 34.8 Å². The highest BCUT2D eigenvalue weighted by atomic mass is 35.5. The Morgan fingerprint density at radius 3 is 2.24 bits per heavy atom. The van der Waals surface area contributed by atoms with Crippen molar-refractivity contribution >= 4 is 52.1 Å². The number of piperazine rings is 1. The van der Waals surface area contributed by atoms with E-state index in [0.717, 1.165) is 37.6 Å². The number of anilines is 2. The van der Waals surface area contributed by atoms with Crippen LogP contribution in [0, 0.1) is 0 Å². The third-order valence-corrected chi connectivity index (χ3v) is 5.13. The lowest BCUT2D eigenvalue weighted by Gasteiger charge is -2.35. The van der Waals surface area contributed by atoms with Gasteiger partial charge in [0.1, 0.15) is 0 Å². The smallest absolute Gasteiger partial charge is 0.238 e. The Balaban J connectivity index is 1.49. The van der Waals surface area contributed by atoms with Gasteiger partial charge in [-0.3, -0.25) is 9.69 Å². The molecule has 2 aromatic carbocycles. The summed E-state index contributed by atoms with van der Waals surface area (Å²) in [5, 5.41) is 4.65. The predicted molar refractivity (Wildman–Crippen MR) is 105 cm³/mol. The second-order valence-electron chi connectivity index (χ2n) is 5.92. The zero-order valence-corrected chi connectivity index (χ0v) is 15.8. The van der Waals surface area contributed by atoms with Crippen LogP contribution in [0.25, 0.3) is 0 Å². The van der Waals surface area contributed by atoms with Crippen molar-refractivity contribution in [2.75, 3.05) is 42.9 Å². The molecule has 0 unspecified atom stereocenters. The van der Waals surface area contributed by atoms with Crippen LogP contribution in [0.15, 0.2) is 42.5 Å². The van der Waals surface area contributed by atoms with Crippen molar-refractivity contribution in [3.05, 3.63) is 57.5 Å². The highest BCUT2D eigenvalue weighted by Gasteiger charge is 2.19. The molecule has 1 N–H and O–H groups in total. The van der Waals surface area contributed by atoms with Crippen molar-refractivity contribution in [2.24, 2.45) is 0 Å². The van der Waals surface area contributed by atoms with Crippen molar-refractivity contribution in [3.63, 3.8) is 0 Å². The quantitative estimate of drug-likeness (QED) is 0.829. The number of carbonyl (C=O) groups excluding carboxylic acids is 1. The minimum Gasteiger partial charge on any atom is -0.369 e. The van der Waals surface area contributed by atoms with E-state index in [-0.39, 0.29) is 5.91 Å². The van der Waals surface area contributed by atoms with E-state index in [2.05, 4.69) is 15.1 Å². The molecule has 1 amide bonds. The summed E-state index contributed by atoms with van der Waals surface area (Å²) in [6, 6.07) is 12.8. The van der Waals surface area contributed by atoms with Crippen LogP contribution < -0.4 is 10.2 Å². The Labute approximate surface area is 162 Å². The maximum Gasteiger partial charge on any atom is 0.238 e. The van der Waals surface area contributed by atoms with Crippen LogP contribution >= 0.6 is 34.8 Å². The molecule has 0 radical (unpaired) electrons. The van der Waals surface area contributed by atoms with Gasteiger partial charge >= 0.3 is 0 Å². The van der Waals surface area contributed by atoms with Gasteiger partial charge in [0.05, 0.1) is 16.6 Å². The van der Waals surface area contributed by atoms with Crippen molar-refractivity contribution in [1.82, 2.24) is 4.90 Å². The Bertz CT molecular complexity index is 744. The summed E-state index contributed by atoms with van der Waals surface area (Å²) >= 11 is 17.9. The number of halogens is 3. The standard InChI is InChI=1S/C18H18Cl3N3O/c19-13-1-3-14(4-2-13)22-18(25)12-23-7-9-24(10-8-23)15-5-6-16(20)17(21)11-15/h1-6,11H,7-10,12H2,(H,22,25). The minimum atomic E-state index is -0.0229. The first kappa shape index (κ1) is 18.3. The third-order valence-electron chi connectivity index (χ3n) is 4.14. The number of hydrogen-bond acceptors (Lipinski definition) is 3. The van der Waals surface area contributed by atoms with Crippen molar-refractivity contribution in [1.29, 1.82) is 0 Å². The Morgan fingerprint density at radius 1 is 0.920 bits per heavy atom. The molecule has 0 saturated carbocycles. The molecule has 25 heavy (non-hydrogen) atoms. The molecule has 0 aromatic heterocycles. The molecule has 1 fully saturated rings. The van der Waals surface area contributed by atoms with E-state index in [0.29, 0.717) is 21.6 Å². The molecule has 7 heteroatoms. The van der Waals surface area contributed by atoms with Gasteiger partial charge in [-0.15, -0.1) is 0 Å². The second-order valence-corrected chi connectivity index (χ2v) is 7.17. The number of carbonyl (C=O) groups is 1. The minimum absolute atomic E-state index is 0.0229. The van der Waals surface area contributed by atoms with Gasteiger partial charge in [0.2, 0.25) is 5.91 Å². The highest BCUT2D eigenvalue weighted by molar-refractivity contribution is 6.42. The molecule has 3 rings (SSSR count). The van der Waals surface area contributed by atoms with Crippen molar-refractivity contribution in [2.45, 2.75) is 0 Å². The molecule has 1 aliphatic heterocycles. The average molecular weight is 399 g/mol. The summed E-state index contributed by atoms with van der Waals surface area (Å²) in [6.45, 7) is 3.68. The van der Waals surface area contributed by atoms with Gasteiger partial charge in [-0.05, 0) is 42.5 Å².